The van der Waals surface area contributed by atoms with Gasteiger partial charge in [0.2, 0.25) is 11.7 Å². The molecule has 0 radical (unpaired) electrons. The van der Waals surface area contributed by atoms with E-state index in [0.717, 1.165) is 12.1 Å². The van der Waals surface area contributed by atoms with E-state index in [1.54, 1.807) is 6.07 Å². The van der Waals surface area contributed by atoms with Crippen molar-refractivity contribution in [3.63, 3.8) is 0 Å². The minimum atomic E-state index is -0.985. The van der Waals surface area contributed by atoms with Crippen molar-refractivity contribution in [2.75, 3.05) is 5.32 Å². The Bertz CT molecular complexity index is 510. The molecule has 0 aromatic heterocycles. The Morgan fingerprint density at radius 1 is 1.65 bits per heavy atom. The molecule has 0 saturated carbocycles. The zero-order valence-electron chi connectivity index (χ0n) is 8.81. The van der Waals surface area contributed by atoms with Crippen molar-refractivity contribution in [3.8, 4) is 6.07 Å². The van der Waals surface area contributed by atoms with Gasteiger partial charge in [0.1, 0.15) is 5.92 Å². The van der Waals surface area contributed by atoms with Crippen molar-refractivity contribution < 1.29 is 14.1 Å². The van der Waals surface area contributed by atoms with Crippen molar-refractivity contribution >= 4 is 17.3 Å². The fourth-order valence-corrected chi connectivity index (χ4v) is 1.04. The van der Waals surface area contributed by atoms with Crippen molar-refractivity contribution in [3.05, 3.63) is 34.1 Å². The van der Waals surface area contributed by atoms with Gasteiger partial charge in [-0.15, -0.1) is 0 Å². The van der Waals surface area contributed by atoms with E-state index in [1.165, 1.54) is 13.0 Å². The minimum Gasteiger partial charge on any atom is -0.325 e. The van der Waals surface area contributed by atoms with Gasteiger partial charge in [-0.2, -0.15) is 9.65 Å². The number of hydrogen-bond acceptors (Lipinski definition) is 4. The molecule has 1 atom stereocenters. The van der Waals surface area contributed by atoms with E-state index in [4.69, 9.17) is 5.26 Å². The lowest BCUT2D eigenvalue weighted by molar-refractivity contribution is -0.387. The van der Waals surface area contributed by atoms with Gasteiger partial charge in [-0.3, -0.25) is 14.9 Å². The Labute approximate surface area is 95.8 Å². The number of halogens is 1. The Balaban J connectivity index is 2.95. The SMILES string of the molecule is CC(C#N)C(=O)Nc1ccc(F)c([N+](=O)[O-])c1. The highest BCUT2D eigenvalue weighted by Gasteiger charge is 2.17. The number of amides is 1. The summed E-state index contributed by atoms with van der Waals surface area (Å²) in [5.41, 5.74) is -0.655. The average molecular weight is 237 g/mol. The lowest BCUT2D eigenvalue weighted by Crippen LogP contribution is -2.19. The molecule has 6 nitrogen and oxygen atoms in total. The zero-order chi connectivity index (χ0) is 13.0. The minimum absolute atomic E-state index is 0.0743. The Hall–Kier alpha value is -2.49. The highest BCUT2D eigenvalue weighted by Crippen LogP contribution is 2.21. The summed E-state index contributed by atoms with van der Waals surface area (Å²) in [5.74, 6) is -2.48. The fourth-order valence-electron chi connectivity index (χ4n) is 1.04. The standard InChI is InChI=1S/C10H8FN3O3/c1-6(5-12)10(15)13-7-2-3-8(11)9(4-7)14(16)17/h2-4,6H,1H3,(H,13,15). The molecule has 7 heteroatoms. The number of benzene rings is 1. The third-order valence-corrected chi connectivity index (χ3v) is 2.00. The van der Waals surface area contributed by atoms with Gasteiger partial charge in [0.25, 0.3) is 0 Å². The van der Waals surface area contributed by atoms with Crippen molar-refractivity contribution in [2.24, 2.45) is 5.92 Å². The second kappa shape index (κ2) is 5.03. The highest BCUT2D eigenvalue weighted by atomic mass is 19.1. The van der Waals surface area contributed by atoms with E-state index in [1.807, 2.05) is 0 Å². The molecule has 1 amide bonds. The molecule has 1 aromatic rings. The monoisotopic (exact) mass is 237 g/mol. The first-order chi connectivity index (χ1) is 7.95. The van der Waals surface area contributed by atoms with Crippen LogP contribution in [0.5, 0.6) is 0 Å². The van der Waals surface area contributed by atoms with E-state index < -0.39 is 28.3 Å². The number of rotatable bonds is 3. The van der Waals surface area contributed by atoms with Gasteiger partial charge in [0.15, 0.2) is 0 Å². The molecule has 0 saturated heterocycles. The van der Waals surface area contributed by atoms with Gasteiger partial charge in [0, 0.05) is 11.8 Å². The molecule has 0 aliphatic rings. The molecule has 17 heavy (non-hydrogen) atoms. The summed E-state index contributed by atoms with van der Waals surface area (Å²) in [6.45, 7) is 1.38. The zero-order valence-corrected chi connectivity index (χ0v) is 8.81. The summed E-state index contributed by atoms with van der Waals surface area (Å²) < 4.78 is 13.0. The quantitative estimate of drug-likeness (QED) is 0.640. The van der Waals surface area contributed by atoms with Crippen LogP contribution in [0.1, 0.15) is 6.92 Å². The van der Waals surface area contributed by atoms with Crippen molar-refractivity contribution in [2.45, 2.75) is 6.92 Å². The van der Waals surface area contributed by atoms with Crippen molar-refractivity contribution in [1.82, 2.24) is 0 Å². The highest BCUT2D eigenvalue weighted by molar-refractivity contribution is 5.94. The Kier molecular flexibility index (Phi) is 3.72. The summed E-state index contributed by atoms with van der Waals surface area (Å²) in [6.07, 6.45) is 0. The maximum atomic E-state index is 13.0. The average Bonchev–Trinajstić information content (AvgIpc) is 2.30. The largest absolute Gasteiger partial charge is 0.325 e. The third-order valence-electron chi connectivity index (χ3n) is 2.00. The van der Waals surface area contributed by atoms with Crippen molar-refractivity contribution in [1.29, 1.82) is 5.26 Å². The molecular formula is C10H8FN3O3. The van der Waals surface area contributed by atoms with Gasteiger partial charge in [-0.25, -0.2) is 0 Å². The van der Waals surface area contributed by atoms with Crippen LogP contribution in [0, 0.1) is 33.2 Å². The van der Waals surface area contributed by atoms with Crippen LogP contribution in [0.3, 0.4) is 0 Å². The van der Waals surface area contributed by atoms with Gasteiger partial charge < -0.3 is 5.32 Å². The lowest BCUT2D eigenvalue weighted by Gasteiger charge is -2.05. The van der Waals surface area contributed by atoms with Gasteiger partial charge in [0.05, 0.1) is 11.0 Å². The van der Waals surface area contributed by atoms with Crippen LogP contribution in [0.2, 0.25) is 0 Å². The molecule has 1 N–H and O–H groups in total. The number of nitrogens with one attached hydrogen (secondary N) is 1. The van der Waals surface area contributed by atoms with Crippen LogP contribution in [-0.4, -0.2) is 10.8 Å². The maximum Gasteiger partial charge on any atom is 0.306 e. The summed E-state index contributed by atoms with van der Waals surface area (Å²) in [4.78, 5) is 20.9. The molecule has 1 rings (SSSR count). The molecule has 0 spiro atoms. The molecule has 0 bridgehead atoms. The van der Waals surface area contributed by atoms with E-state index in [9.17, 15) is 19.3 Å². The summed E-state index contributed by atoms with van der Waals surface area (Å²) >= 11 is 0. The van der Waals surface area contributed by atoms with Gasteiger partial charge in [-0.1, -0.05) is 0 Å². The molecule has 0 heterocycles. The fraction of sp³-hybridized carbons (Fsp3) is 0.200. The second-order valence-electron chi connectivity index (χ2n) is 3.26. The number of nitro benzene ring substituents is 1. The normalized spacial score (nSPS) is 11.4. The number of nitrogens with zero attached hydrogens (tertiary/aromatic N) is 2. The molecule has 1 unspecified atom stereocenters. The molecule has 0 aliphatic heterocycles. The van der Waals surface area contributed by atoms with Crippen LogP contribution in [0.15, 0.2) is 18.2 Å². The topological polar surface area (TPSA) is 96.0 Å². The lowest BCUT2D eigenvalue weighted by atomic mass is 10.2. The van der Waals surface area contributed by atoms with Gasteiger partial charge >= 0.3 is 5.69 Å². The van der Waals surface area contributed by atoms with Crippen LogP contribution in [0.4, 0.5) is 15.8 Å². The number of nitro groups is 1. The van der Waals surface area contributed by atoms with Crippen LogP contribution in [-0.2, 0) is 4.79 Å². The maximum absolute atomic E-state index is 13.0. The Morgan fingerprint density at radius 3 is 2.82 bits per heavy atom. The molecule has 0 fully saturated rings. The number of hydrogen-bond donors (Lipinski definition) is 1. The van der Waals surface area contributed by atoms with E-state index in [-0.39, 0.29) is 5.69 Å². The Morgan fingerprint density at radius 2 is 2.29 bits per heavy atom. The van der Waals surface area contributed by atoms with Gasteiger partial charge in [-0.05, 0) is 19.1 Å². The molecular weight excluding hydrogens is 229 g/mol. The first kappa shape index (κ1) is 12.6. The third kappa shape index (κ3) is 2.98. The number of carbonyl (C=O) groups is 1. The van der Waals surface area contributed by atoms with E-state index >= 15 is 0 Å². The van der Waals surface area contributed by atoms with E-state index in [0.29, 0.717) is 0 Å². The number of carbonyl (C=O) groups excluding carboxylic acids is 1. The number of nitriles is 1. The predicted octanol–water partition coefficient (Wildman–Crippen LogP) is 1.83. The van der Waals surface area contributed by atoms with Crippen LogP contribution >= 0.6 is 0 Å². The van der Waals surface area contributed by atoms with Crippen LogP contribution < -0.4 is 5.32 Å². The van der Waals surface area contributed by atoms with Crippen LogP contribution in [0.25, 0.3) is 0 Å². The molecule has 0 aliphatic carbocycles. The molecule has 1 aromatic carbocycles. The smallest absolute Gasteiger partial charge is 0.306 e. The van der Waals surface area contributed by atoms with E-state index in [2.05, 4.69) is 5.32 Å². The number of anilines is 1. The second-order valence-corrected chi connectivity index (χ2v) is 3.26. The first-order valence-electron chi connectivity index (χ1n) is 4.60. The summed E-state index contributed by atoms with van der Waals surface area (Å²) in [7, 11) is 0. The summed E-state index contributed by atoms with van der Waals surface area (Å²) in [6, 6.07) is 4.68. The summed E-state index contributed by atoms with van der Waals surface area (Å²) in [5, 5.41) is 21.2. The first-order valence-corrected chi connectivity index (χ1v) is 4.60. The molecule has 88 valence electrons. The predicted molar refractivity (Wildman–Crippen MR) is 56.5 cm³/mol.